The molecule has 9 heteroatoms. The summed E-state index contributed by atoms with van der Waals surface area (Å²) >= 11 is 0. The van der Waals surface area contributed by atoms with E-state index in [0.29, 0.717) is 37.9 Å². The first-order valence-corrected chi connectivity index (χ1v) is 9.94. The molecule has 29 heavy (non-hydrogen) atoms. The zero-order chi connectivity index (χ0) is 20.2. The van der Waals surface area contributed by atoms with Crippen molar-refractivity contribution in [3.63, 3.8) is 0 Å². The van der Waals surface area contributed by atoms with Gasteiger partial charge in [0.2, 0.25) is 5.91 Å². The van der Waals surface area contributed by atoms with Gasteiger partial charge in [-0.3, -0.25) is 9.79 Å². The summed E-state index contributed by atoms with van der Waals surface area (Å²) in [4.78, 5) is 23.2. The van der Waals surface area contributed by atoms with Gasteiger partial charge in [-0.15, -0.1) is 24.0 Å². The van der Waals surface area contributed by atoms with Crippen LogP contribution in [0.2, 0.25) is 0 Å². The highest BCUT2D eigenvalue weighted by molar-refractivity contribution is 14.0. The van der Waals surface area contributed by atoms with E-state index in [2.05, 4.69) is 25.5 Å². The summed E-state index contributed by atoms with van der Waals surface area (Å²) in [6.07, 6.45) is 3.14. The van der Waals surface area contributed by atoms with E-state index in [9.17, 15) is 4.79 Å². The summed E-state index contributed by atoms with van der Waals surface area (Å²) < 4.78 is 10.7. The maximum atomic E-state index is 12.1. The second-order valence-electron chi connectivity index (χ2n) is 6.92. The molecule has 0 radical (unpaired) electrons. The molecule has 8 nitrogen and oxygen atoms in total. The number of halogens is 1. The standard InChI is InChI=1S/C20H33N5O3.HI/c1-4-21-20(25-10-8-17(14-25)15-28-12-11-27-3)22-9-7-19(26)24-18-6-5-16(2)13-23-18;/h5-6,13,17H,4,7-12,14-15H2,1-3H3,(H,21,22)(H,23,24,26);1H. The van der Waals surface area contributed by atoms with Crippen molar-refractivity contribution in [3.05, 3.63) is 23.9 Å². The number of nitrogens with one attached hydrogen (secondary N) is 2. The Morgan fingerprint density at radius 3 is 2.90 bits per heavy atom. The number of carbonyl (C=O) groups is 1. The summed E-state index contributed by atoms with van der Waals surface area (Å²) in [5, 5.41) is 6.13. The van der Waals surface area contributed by atoms with Gasteiger partial charge < -0.3 is 25.0 Å². The number of likely N-dealkylation sites (tertiary alicyclic amines) is 1. The van der Waals surface area contributed by atoms with Crippen LogP contribution in [0.3, 0.4) is 0 Å². The van der Waals surface area contributed by atoms with E-state index >= 15 is 0 Å². The van der Waals surface area contributed by atoms with Gasteiger partial charge in [0.1, 0.15) is 5.82 Å². The second kappa shape index (κ2) is 14.5. The predicted molar refractivity (Wildman–Crippen MR) is 126 cm³/mol. The van der Waals surface area contributed by atoms with Gasteiger partial charge in [0.05, 0.1) is 26.4 Å². The summed E-state index contributed by atoms with van der Waals surface area (Å²) in [5.74, 6) is 1.85. The van der Waals surface area contributed by atoms with Crippen LogP contribution in [0.1, 0.15) is 25.3 Å². The molecule has 1 aromatic heterocycles. The zero-order valence-corrected chi connectivity index (χ0v) is 20.0. The number of guanidine groups is 1. The average molecular weight is 519 g/mol. The molecule has 1 saturated heterocycles. The predicted octanol–water partition coefficient (Wildman–Crippen LogP) is 2.29. The molecule has 1 unspecified atom stereocenters. The van der Waals surface area contributed by atoms with Gasteiger partial charge >= 0.3 is 0 Å². The number of aryl methyl sites for hydroxylation is 1. The highest BCUT2D eigenvalue weighted by atomic mass is 127. The normalized spacial score (nSPS) is 16.4. The number of anilines is 1. The number of ether oxygens (including phenoxy) is 2. The minimum absolute atomic E-state index is 0. The lowest BCUT2D eigenvalue weighted by Crippen LogP contribution is -2.40. The minimum Gasteiger partial charge on any atom is -0.382 e. The van der Waals surface area contributed by atoms with Gasteiger partial charge in [-0.05, 0) is 31.9 Å². The highest BCUT2D eigenvalue weighted by Gasteiger charge is 2.24. The van der Waals surface area contributed by atoms with Crippen LogP contribution < -0.4 is 10.6 Å². The smallest absolute Gasteiger partial charge is 0.227 e. The first-order chi connectivity index (χ1) is 13.6. The van der Waals surface area contributed by atoms with Crippen LogP contribution >= 0.6 is 24.0 Å². The third-order valence-corrected chi connectivity index (χ3v) is 4.48. The number of pyridine rings is 1. The van der Waals surface area contributed by atoms with Crippen LogP contribution in [-0.2, 0) is 14.3 Å². The van der Waals surface area contributed by atoms with Crippen molar-refractivity contribution in [1.82, 2.24) is 15.2 Å². The lowest BCUT2D eigenvalue weighted by Gasteiger charge is -2.21. The van der Waals surface area contributed by atoms with Crippen molar-refractivity contribution in [1.29, 1.82) is 0 Å². The lowest BCUT2D eigenvalue weighted by molar-refractivity contribution is -0.116. The van der Waals surface area contributed by atoms with E-state index < -0.39 is 0 Å². The van der Waals surface area contributed by atoms with E-state index in [1.807, 2.05) is 19.9 Å². The Balaban J connectivity index is 0.00000420. The van der Waals surface area contributed by atoms with Crippen LogP contribution in [0.5, 0.6) is 0 Å². The Morgan fingerprint density at radius 2 is 2.21 bits per heavy atom. The third kappa shape index (κ3) is 9.72. The lowest BCUT2D eigenvalue weighted by atomic mass is 10.1. The Kier molecular flexibility index (Phi) is 12.8. The van der Waals surface area contributed by atoms with Crippen LogP contribution in [0.15, 0.2) is 23.3 Å². The van der Waals surface area contributed by atoms with Crippen molar-refractivity contribution in [2.24, 2.45) is 10.9 Å². The van der Waals surface area contributed by atoms with Crippen molar-refractivity contribution < 1.29 is 14.3 Å². The monoisotopic (exact) mass is 519 g/mol. The second-order valence-corrected chi connectivity index (χ2v) is 6.92. The van der Waals surface area contributed by atoms with E-state index in [1.54, 1.807) is 19.4 Å². The first kappa shape index (κ1) is 25.6. The molecule has 0 spiro atoms. The molecular weight excluding hydrogens is 485 g/mol. The summed E-state index contributed by atoms with van der Waals surface area (Å²) in [6, 6.07) is 3.73. The van der Waals surface area contributed by atoms with Crippen molar-refractivity contribution in [2.75, 3.05) is 58.4 Å². The van der Waals surface area contributed by atoms with Crippen LogP contribution in [0.25, 0.3) is 0 Å². The largest absolute Gasteiger partial charge is 0.382 e. The van der Waals surface area contributed by atoms with Crippen molar-refractivity contribution in [3.8, 4) is 0 Å². The molecule has 0 aromatic carbocycles. The van der Waals surface area contributed by atoms with Crippen LogP contribution in [-0.4, -0.2) is 74.9 Å². The molecule has 1 atom stereocenters. The topological polar surface area (TPSA) is 88.1 Å². The van der Waals surface area contributed by atoms with Gasteiger partial charge in [0, 0.05) is 45.3 Å². The van der Waals surface area contributed by atoms with Gasteiger partial charge in [-0.2, -0.15) is 0 Å². The molecule has 2 N–H and O–H groups in total. The Bertz CT molecular complexity index is 627. The van der Waals surface area contributed by atoms with Gasteiger partial charge in [-0.1, -0.05) is 6.07 Å². The fourth-order valence-corrected chi connectivity index (χ4v) is 2.99. The number of hydrogen-bond acceptors (Lipinski definition) is 5. The molecule has 1 aromatic rings. The summed E-state index contributed by atoms with van der Waals surface area (Å²) in [6.45, 7) is 9.10. The molecule has 0 bridgehead atoms. The number of amides is 1. The SMILES string of the molecule is CCNC(=NCCC(=O)Nc1ccc(C)cn1)N1CCC(COCCOC)C1.I. The molecule has 164 valence electrons. The van der Waals surface area contributed by atoms with Gasteiger partial charge in [0.15, 0.2) is 5.96 Å². The van der Waals surface area contributed by atoms with Crippen molar-refractivity contribution >= 4 is 41.7 Å². The fraction of sp³-hybridized carbons (Fsp3) is 0.650. The fourth-order valence-electron chi connectivity index (χ4n) is 2.99. The third-order valence-electron chi connectivity index (χ3n) is 4.48. The number of aromatic nitrogens is 1. The number of aliphatic imine (C=N–C) groups is 1. The molecule has 2 rings (SSSR count). The molecule has 2 heterocycles. The molecule has 0 aliphatic carbocycles. The number of carbonyl (C=O) groups excluding carboxylic acids is 1. The van der Waals surface area contributed by atoms with Crippen LogP contribution in [0, 0.1) is 12.8 Å². The van der Waals surface area contributed by atoms with Gasteiger partial charge in [-0.25, -0.2) is 4.98 Å². The van der Waals surface area contributed by atoms with Crippen molar-refractivity contribution in [2.45, 2.75) is 26.7 Å². The van der Waals surface area contributed by atoms with E-state index in [-0.39, 0.29) is 29.9 Å². The summed E-state index contributed by atoms with van der Waals surface area (Å²) in [7, 11) is 1.68. The van der Waals surface area contributed by atoms with E-state index in [0.717, 1.165) is 44.2 Å². The molecular formula is C20H34IN5O3. The molecule has 1 aliphatic rings. The average Bonchev–Trinajstić information content (AvgIpc) is 3.15. The molecule has 1 fully saturated rings. The Hall–Kier alpha value is -1.46. The number of nitrogens with zero attached hydrogens (tertiary/aromatic N) is 3. The van der Waals surface area contributed by atoms with Gasteiger partial charge in [0.25, 0.3) is 0 Å². The first-order valence-electron chi connectivity index (χ1n) is 9.94. The zero-order valence-electron chi connectivity index (χ0n) is 17.6. The number of methoxy groups -OCH3 is 1. The number of hydrogen-bond donors (Lipinski definition) is 2. The highest BCUT2D eigenvalue weighted by Crippen LogP contribution is 2.16. The van der Waals surface area contributed by atoms with E-state index in [4.69, 9.17) is 9.47 Å². The molecule has 1 aliphatic heterocycles. The maximum Gasteiger partial charge on any atom is 0.227 e. The number of rotatable bonds is 10. The molecule has 1 amide bonds. The molecule has 0 saturated carbocycles. The minimum atomic E-state index is -0.0817. The Morgan fingerprint density at radius 1 is 1.38 bits per heavy atom. The van der Waals surface area contributed by atoms with Crippen LogP contribution in [0.4, 0.5) is 5.82 Å². The maximum absolute atomic E-state index is 12.1. The summed E-state index contributed by atoms with van der Waals surface area (Å²) in [5.41, 5.74) is 1.06. The quantitative estimate of drug-likeness (QED) is 0.214. The Labute approximate surface area is 190 Å². The van der Waals surface area contributed by atoms with E-state index in [1.165, 1.54) is 0 Å².